The third-order valence-electron chi connectivity index (χ3n) is 2.61. The van der Waals surface area contributed by atoms with E-state index in [0.29, 0.717) is 26.2 Å². The van der Waals surface area contributed by atoms with Crippen molar-refractivity contribution in [1.29, 1.82) is 0 Å². The monoisotopic (exact) mass is 298 g/mol. The minimum Gasteiger partial charge on any atom is -0.395 e. The Labute approximate surface area is 125 Å². The first-order valence-corrected chi connectivity index (χ1v) is 6.16. The van der Waals surface area contributed by atoms with Crippen LogP contribution in [0.1, 0.15) is 28.7 Å². The summed E-state index contributed by atoms with van der Waals surface area (Å²) in [6.07, 6.45) is 0.889. The van der Waals surface area contributed by atoms with Gasteiger partial charge < -0.3 is 20.4 Å². The molecule has 0 saturated carbocycles. The summed E-state index contributed by atoms with van der Waals surface area (Å²) in [6, 6.07) is 0. The van der Waals surface area contributed by atoms with Crippen molar-refractivity contribution in [3.8, 4) is 0 Å². The van der Waals surface area contributed by atoms with Crippen molar-refractivity contribution in [3.05, 3.63) is 0 Å². The van der Waals surface area contributed by atoms with Gasteiger partial charge >= 0.3 is 0 Å². The fourth-order valence-corrected chi connectivity index (χ4v) is 1.75. The van der Waals surface area contributed by atoms with Gasteiger partial charge in [-0.05, 0) is 19.5 Å². The quantitative estimate of drug-likeness (QED) is 0.401. The lowest BCUT2D eigenvalue weighted by Crippen LogP contribution is -2.35. The van der Waals surface area contributed by atoms with E-state index in [4.69, 9.17) is 20.4 Å². The first-order chi connectivity index (χ1) is 8.28. The van der Waals surface area contributed by atoms with Crippen molar-refractivity contribution >= 4 is 0 Å². The normalized spacial score (nSPS) is 9.90. The van der Waals surface area contributed by atoms with Gasteiger partial charge in [-0.15, -0.1) is 0 Å². The Morgan fingerprint density at radius 3 is 0.900 bits per heavy atom. The molecule has 0 radical (unpaired) electrons. The van der Waals surface area contributed by atoms with Crippen molar-refractivity contribution in [3.63, 3.8) is 0 Å². The van der Waals surface area contributed by atoms with Crippen LogP contribution >= 0.6 is 0 Å². The highest BCUT2D eigenvalue weighted by Crippen LogP contribution is 1.95. The van der Waals surface area contributed by atoms with Gasteiger partial charge in [-0.2, -0.15) is 0 Å². The van der Waals surface area contributed by atoms with E-state index in [1.165, 1.54) is 0 Å². The summed E-state index contributed by atoms with van der Waals surface area (Å²) < 4.78 is 0. The van der Waals surface area contributed by atoms with E-state index >= 15 is 0 Å². The number of hydrogen-bond donors (Lipinski definition) is 4. The van der Waals surface area contributed by atoms with Gasteiger partial charge in [-0.3, -0.25) is 9.80 Å². The number of aliphatic hydroxyl groups excluding tert-OH is 4. The zero-order valence-electron chi connectivity index (χ0n) is 10.5. The average Bonchev–Trinajstić information content (AvgIpc) is 2.30. The molecule has 0 unspecified atom stereocenters. The first-order valence-electron chi connectivity index (χ1n) is 6.16. The predicted molar refractivity (Wildman–Crippen MR) is 86.0 cm³/mol. The van der Waals surface area contributed by atoms with E-state index in [0.717, 1.165) is 19.5 Å². The average molecular weight is 298 g/mol. The molecule has 0 aliphatic rings. The summed E-state index contributed by atoms with van der Waals surface area (Å²) in [5, 5.41) is 35.4. The van der Waals surface area contributed by atoms with Crippen molar-refractivity contribution < 1.29 is 20.4 Å². The van der Waals surface area contributed by atoms with Crippen molar-refractivity contribution in [2.24, 2.45) is 0 Å². The second kappa shape index (κ2) is 21.1. The third kappa shape index (κ3) is 15.8. The lowest BCUT2D eigenvalue weighted by Gasteiger charge is -2.24. The third-order valence-corrected chi connectivity index (χ3v) is 2.61. The van der Waals surface area contributed by atoms with Crippen LogP contribution in [0.25, 0.3) is 0 Å². The van der Waals surface area contributed by atoms with E-state index in [-0.39, 0.29) is 48.7 Å². The molecule has 20 heavy (non-hydrogen) atoms. The van der Waals surface area contributed by atoms with Crippen molar-refractivity contribution in [2.45, 2.75) is 28.7 Å². The fourth-order valence-electron chi connectivity index (χ4n) is 1.75. The van der Waals surface area contributed by atoms with E-state index < -0.39 is 0 Å². The molecule has 0 aromatic heterocycles. The molecule has 0 aliphatic carbocycles. The van der Waals surface area contributed by atoms with Gasteiger partial charge in [0.2, 0.25) is 0 Å². The van der Waals surface area contributed by atoms with Gasteiger partial charge in [0.15, 0.2) is 0 Å². The maximum Gasteiger partial charge on any atom is 0.0558 e. The Balaban J connectivity index is -0.000000427. The van der Waals surface area contributed by atoms with Crippen LogP contribution in [0.15, 0.2) is 0 Å². The Morgan fingerprint density at radius 1 is 0.450 bits per heavy atom. The second-order valence-corrected chi connectivity index (χ2v) is 3.93. The van der Waals surface area contributed by atoms with E-state index in [2.05, 4.69) is 0 Å². The highest BCUT2D eigenvalue weighted by atomic mass is 16.3. The van der Waals surface area contributed by atoms with Crippen molar-refractivity contribution in [2.75, 3.05) is 65.7 Å². The Morgan fingerprint density at radius 2 is 0.700 bits per heavy atom. The molecule has 6 nitrogen and oxygen atoms in total. The van der Waals surface area contributed by atoms with E-state index in [9.17, 15) is 0 Å². The Bertz CT molecular complexity index is 134. The maximum absolute atomic E-state index is 8.84. The molecule has 0 spiro atoms. The molecular formula is C14H38N2O4. The number of hydrogen-bond acceptors (Lipinski definition) is 6. The number of rotatable bonds is 12. The van der Waals surface area contributed by atoms with Gasteiger partial charge in [0.25, 0.3) is 0 Å². The molecule has 0 aromatic carbocycles. The molecule has 0 heterocycles. The molecule has 0 aliphatic heterocycles. The zero-order valence-corrected chi connectivity index (χ0v) is 10.5. The summed E-state index contributed by atoms with van der Waals surface area (Å²) >= 11 is 0. The van der Waals surface area contributed by atoms with Gasteiger partial charge in [0.05, 0.1) is 26.4 Å². The van der Waals surface area contributed by atoms with E-state index in [1.807, 2.05) is 9.80 Å². The molecule has 0 amide bonds. The van der Waals surface area contributed by atoms with Crippen LogP contribution in [-0.2, 0) is 0 Å². The van der Waals surface area contributed by atoms with Crippen LogP contribution < -0.4 is 0 Å². The largest absolute Gasteiger partial charge is 0.395 e. The topological polar surface area (TPSA) is 87.4 Å². The first kappa shape index (κ1) is 28.0. The van der Waals surface area contributed by atoms with Crippen LogP contribution in [0.3, 0.4) is 0 Å². The lowest BCUT2D eigenvalue weighted by atomic mass is 10.3. The molecular weight excluding hydrogens is 260 g/mol. The number of aliphatic hydroxyl groups is 4. The maximum atomic E-state index is 8.84. The predicted octanol–water partition coefficient (Wildman–Crippen LogP) is -0.142. The minimum atomic E-state index is 0. The summed E-state index contributed by atoms with van der Waals surface area (Å²) in [6.45, 7) is 4.26. The molecule has 0 bridgehead atoms. The van der Waals surface area contributed by atoms with Crippen molar-refractivity contribution in [1.82, 2.24) is 9.80 Å². The highest BCUT2D eigenvalue weighted by molar-refractivity contribution is 4.61. The summed E-state index contributed by atoms with van der Waals surface area (Å²) in [7, 11) is 0. The molecule has 0 saturated heterocycles. The second-order valence-electron chi connectivity index (χ2n) is 3.93. The molecule has 0 rings (SSSR count). The Hall–Kier alpha value is -0.240. The van der Waals surface area contributed by atoms with Crippen LogP contribution in [0, 0.1) is 0 Å². The molecule has 6 heteroatoms. The van der Waals surface area contributed by atoms with Gasteiger partial charge in [-0.25, -0.2) is 0 Å². The molecule has 128 valence electrons. The zero-order chi connectivity index (χ0) is 12.9. The van der Waals surface area contributed by atoms with E-state index in [1.54, 1.807) is 0 Å². The summed E-state index contributed by atoms with van der Waals surface area (Å²) in [5.74, 6) is 0. The van der Waals surface area contributed by atoms with Crippen LogP contribution in [0.2, 0.25) is 0 Å². The number of nitrogens with zero attached hydrogens (tertiary/aromatic N) is 2. The molecule has 0 aromatic rings. The summed E-state index contributed by atoms with van der Waals surface area (Å²) in [5.41, 5.74) is 0. The smallest absolute Gasteiger partial charge is 0.0558 e. The lowest BCUT2D eigenvalue weighted by molar-refractivity contribution is 0.137. The molecule has 0 fully saturated rings. The standard InChI is InChI=1S/C11H26N2O4.3CH4/c14-8-4-12(5-9-15)2-1-3-13(6-10-16)7-11-17;;;/h14-17H,1-11H2;3*1H4. The molecule has 0 atom stereocenters. The highest BCUT2D eigenvalue weighted by Gasteiger charge is 2.06. The summed E-state index contributed by atoms with van der Waals surface area (Å²) in [4.78, 5) is 3.99. The fraction of sp³-hybridized carbons (Fsp3) is 1.00. The van der Waals surface area contributed by atoms with Crippen LogP contribution in [0.4, 0.5) is 0 Å². The minimum absolute atomic E-state index is 0. The SMILES string of the molecule is C.C.C.OCCN(CCO)CCCN(CCO)CCO. The van der Waals surface area contributed by atoms with Crippen LogP contribution in [-0.4, -0.2) is 95.9 Å². The molecule has 4 N–H and O–H groups in total. The van der Waals surface area contributed by atoms with Gasteiger partial charge in [0.1, 0.15) is 0 Å². The van der Waals surface area contributed by atoms with Gasteiger partial charge in [0, 0.05) is 26.2 Å². The Kier molecular flexibility index (Phi) is 29.5. The van der Waals surface area contributed by atoms with Crippen LogP contribution in [0.5, 0.6) is 0 Å². The van der Waals surface area contributed by atoms with Gasteiger partial charge in [-0.1, -0.05) is 22.3 Å².